The first-order chi connectivity index (χ1) is 7.11. The van der Waals surface area contributed by atoms with Gasteiger partial charge in [0.15, 0.2) is 0 Å². The fraction of sp³-hybridized carbons (Fsp3) is 1.00. The van der Waals surface area contributed by atoms with Gasteiger partial charge in [0.2, 0.25) is 0 Å². The average Bonchev–Trinajstić information content (AvgIpc) is 2.28. The quantitative estimate of drug-likeness (QED) is 0.673. The van der Waals surface area contributed by atoms with E-state index >= 15 is 0 Å². The summed E-state index contributed by atoms with van der Waals surface area (Å²) in [6.45, 7) is 13.3. The van der Waals surface area contributed by atoms with Crippen molar-refractivity contribution in [1.29, 1.82) is 0 Å². The van der Waals surface area contributed by atoms with Crippen molar-refractivity contribution in [3.63, 3.8) is 0 Å². The Kier molecular flexibility index (Phi) is 7.20. The van der Waals surface area contributed by atoms with Crippen molar-refractivity contribution in [2.24, 2.45) is 5.73 Å². The minimum Gasteiger partial charge on any atom is -0.329 e. The van der Waals surface area contributed by atoms with Gasteiger partial charge in [0.1, 0.15) is 0 Å². The molecule has 2 nitrogen and oxygen atoms in total. The van der Waals surface area contributed by atoms with Gasteiger partial charge in [-0.05, 0) is 32.7 Å². The Labute approximate surface area is 96.2 Å². The van der Waals surface area contributed by atoms with E-state index in [0.29, 0.717) is 6.04 Å². The third kappa shape index (κ3) is 3.46. The van der Waals surface area contributed by atoms with Crippen LogP contribution in [0.5, 0.6) is 0 Å². The Bertz CT molecular complexity index is 153. The van der Waals surface area contributed by atoms with Crippen LogP contribution < -0.4 is 5.73 Å². The van der Waals surface area contributed by atoms with Crippen LogP contribution in [0.2, 0.25) is 0 Å². The standard InChI is InChI=1S/C13H30N2/c1-6-10-13(8-3,11-14)15(9-4)12(5)7-2/h12H,6-11,14H2,1-5H3. The first-order valence-electron chi connectivity index (χ1n) is 6.58. The molecule has 0 amide bonds. The number of likely N-dealkylation sites (N-methyl/N-ethyl adjacent to an activating group) is 1. The lowest BCUT2D eigenvalue weighted by atomic mass is 9.87. The second-order valence-corrected chi connectivity index (χ2v) is 4.58. The molecule has 0 saturated carbocycles. The molecule has 0 heterocycles. The van der Waals surface area contributed by atoms with Gasteiger partial charge in [-0.25, -0.2) is 0 Å². The highest BCUT2D eigenvalue weighted by Gasteiger charge is 2.34. The molecule has 0 radical (unpaired) electrons. The molecule has 0 bridgehead atoms. The zero-order valence-corrected chi connectivity index (χ0v) is 11.3. The predicted octanol–water partition coefficient (Wildman–Crippen LogP) is 3.01. The van der Waals surface area contributed by atoms with Crippen LogP contribution in [-0.4, -0.2) is 29.6 Å². The third-order valence-electron chi connectivity index (χ3n) is 3.83. The molecule has 0 aromatic carbocycles. The van der Waals surface area contributed by atoms with Crippen molar-refractivity contribution in [2.45, 2.75) is 71.9 Å². The molecule has 2 unspecified atom stereocenters. The summed E-state index contributed by atoms with van der Waals surface area (Å²) in [4.78, 5) is 2.61. The zero-order chi connectivity index (χ0) is 11.9. The molecule has 15 heavy (non-hydrogen) atoms. The topological polar surface area (TPSA) is 29.3 Å². The number of hydrogen-bond acceptors (Lipinski definition) is 2. The van der Waals surface area contributed by atoms with Crippen molar-refractivity contribution in [3.05, 3.63) is 0 Å². The first-order valence-corrected chi connectivity index (χ1v) is 6.58. The van der Waals surface area contributed by atoms with Crippen LogP contribution in [0.15, 0.2) is 0 Å². The summed E-state index contributed by atoms with van der Waals surface area (Å²) in [7, 11) is 0. The highest BCUT2D eigenvalue weighted by atomic mass is 15.2. The van der Waals surface area contributed by atoms with Crippen molar-refractivity contribution in [3.8, 4) is 0 Å². The van der Waals surface area contributed by atoms with E-state index in [1.807, 2.05) is 0 Å². The lowest BCUT2D eigenvalue weighted by molar-refractivity contribution is 0.0464. The Morgan fingerprint density at radius 2 is 1.80 bits per heavy atom. The molecular weight excluding hydrogens is 184 g/mol. The average molecular weight is 214 g/mol. The normalized spacial score (nSPS) is 17.8. The molecule has 2 atom stereocenters. The van der Waals surface area contributed by atoms with Gasteiger partial charge in [-0.15, -0.1) is 0 Å². The Hall–Kier alpha value is -0.0800. The number of hydrogen-bond donors (Lipinski definition) is 1. The number of rotatable bonds is 8. The highest BCUT2D eigenvalue weighted by Crippen LogP contribution is 2.27. The molecule has 0 aliphatic carbocycles. The lowest BCUT2D eigenvalue weighted by Gasteiger charge is -2.46. The molecule has 0 aromatic heterocycles. The van der Waals surface area contributed by atoms with Gasteiger partial charge >= 0.3 is 0 Å². The Balaban J connectivity index is 4.81. The molecule has 0 rings (SSSR count). The van der Waals surface area contributed by atoms with Crippen LogP contribution in [0.3, 0.4) is 0 Å². The molecule has 0 aliphatic heterocycles. The second-order valence-electron chi connectivity index (χ2n) is 4.58. The Morgan fingerprint density at radius 3 is 2.07 bits per heavy atom. The fourth-order valence-electron chi connectivity index (χ4n) is 2.69. The highest BCUT2D eigenvalue weighted by molar-refractivity contribution is 4.92. The SMILES string of the molecule is CCCC(CC)(CN)N(CC)C(C)CC. The minimum atomic E-state index is 0.235. The fourth-order valence-corrected chi connectivity index (χ4v) is 2.69. The minimum absolute atomic E-state index is 0.235. The van der Waals surface area contributed by atoms with Gasteiger partial charge in [-0.3, -0.25) is 4.90 Å². The molecule has 0 saturated heterocycles. The van der Waals surface area contributed by atoms with E-state index < -0.39 is 0 Å². The summed E-state index contributed by atoms with van der Waals surface area (Å²) in [6, 6.07) is 0.644. The smallest absolute Gasteiger partial charge is 0.0331 e. The molecule has 0 aliphatic rings. The summed E-state index contributed by atoms with van der Waals surface area (Å²) in [5.74, 6) is 0. The van der Waals surface area contributed by atoms with Crippen molar-refractivity contribution in [2.75, 3.05) is 13.1 Å². The maximum Gasteiger partial charge on any atom is 0.0331 e. The molecule has 92 valence electrons. The molecular formula is C13H30N2. The lowest BCUT2D eigenvalue weighted by Crippen LogP contribution is -2.56. The van der Waals surface area contributed by atoms with E-state index in [1.165, 1.54) is 19.3 Å². The van der Waals surface area contributed by atoms with E-state index in [0.717, 1.165) is 19.5 Å². The van der Waals surface area contributed by atoms with Gasteiger partial charge in [0, 0.05) is 18.1 Å². The summed E-state index contributed by atoms with van der Waals surface area (Å²) < 4.78 is 0. The van der Waals surface area contributed by atoms with E-state index in [2.05, 4.69) is 39.5 Å². The van der Waals surface area contributed by atoms with Gasteiger partial charge in [0.25, 0.3) is 0 Å². The predicted molar refractivity (Wildman–Crippen MR) is 69.1 cm³/mol. The van der Waals surface area contributed by atoms with E-state index in [-0.39, 0.29) is 5.54 Å². The summed E-state index contributed by atoms with van der Waals surface area (Å²) in [5, 5.41) is 0. The Morgan fingerprint density at radius 1 is 1.20 bits per heavy atom. The maximum absolute atomic E-state index is 6.03. The van der Waals surface area contributed by atoms with Gasteiger partial charge in [-0.1, -0.05) is 34.1 Å². The van der Waals surface area contributed by atoms with Gasteiger partial charge in [0.05, 0.1) is 0 Å². The van der Waals surface area contributed by atoms with Crippen LogP contribution in [0.1, 0.15) is 60.3 Å². The third-order valence-corrected chi connectivity index (χ3v) is 3.83. The van der Waals surface area contributed by atoms with Crippen molar-refractivity contribution in [1.82, 2.24) is 4.90 Å². The monoisotopic (exact) mass is 214 g/mol. The van der Waals surface area contributed by atoms with E-state index in [1.54, 1.807) is 0 Å². The largest absolute Gasteiger partial charge is 0.329 e. The first kappa shape index (κ1) is 14.9. The number of nitrogens with two attached hydrogens (primary N) is 1. The summed E-state index contributed by atoms with van der Waals surface area (Å²) in [6.07, 6.45) is 4.81. The van der Waals surface area contributed by atoms with Crippen LogP contribution in [0.4, 0.5) is 0 Å². The molecule has 0 spiro atoms. The molecule has 2 heteroatoms. The molecule has 0 fully saturated rings. The zero-order valence-electron chi connectivity index (χ0n) is 11.3. The summed E-state index contributed by atoms with van der Waals surface area (Å²) >= 11 is 0. The van der Waals surface area contributed by atoms with E-state index in [4.69, 9.17) is 5.73 Å². The maximum atomic E-state index is 6.03. The van der Waals surface area contributed by atoms with Crippen LogP contribution >= 0.6 is 0 Å². The molecule has 0 aromatic rings. The van der Waals surface area contributed by atoms with Gasteiger partial charge < -0.3 is 5.73 Å². The van der Waals surface area contributed by atoms with Crippen LogP contribution in [-0.2, 0) is 0 Å². The van der Waals surface area contributed by atoms with Gasteiger partial charge in [-0.2, -0.15) is 0 Å². The van der Waals surface area contributed by atoms with Crippen LogP contribution in [0, 0.1) is 0 Å². The van der Waals surface area contributed by atoms with E-state index in [9.17, 15) is 0 Å². The number of nitrogens with zero attached hydrogens (tertiary/aromatic N) is 1. The second kappa shape index (κ2) is 7.24. The van der Waals surface area contributed by atoms with Crippen molar-refractivity contribution < 1.29 is 0 Å². The van der Waals surface area contributed by atoms with Crippen molar-refractivity contribution >= 4 is 0 Å². The van der Waals surface area contributed by atoms with Crippen LogP contribution in [0.25, 0.3) is 0 Å². The summed E-state index contributed by atoms with van der Waals surface area (Å²) in [5.41, 5.74) is 6.27. The molecule has 2 N–H and O–H groups in total.